The Hall–Kier alpha value is -0.330. The van der Waals surface area contributed by atoms with E-state index in [1.807, 2.05) is 18.4 Å². The summed E-state index contributed by atoms with van der Waals surface area (Å²) in [6, 6.07) is 7.41. The van der Waals surface area contributed by atoms with E-state index in [1.54, 1.807) is 51.6 Å². The van der Waals surface area contributed by atoms with Gasteiger partial charge in [0.25, 0.3) is 0 Å². The predicted octanol–water partition coefficient (Wildman–Crippen LogP) is 5.98. The molecule has 0 aliphatic heterocycles. The maximum absolute atomic E-state index is 13.4. The zero-order valence-electron chi connectivity index (χ0n) is 16.0. The van der Waals surface area contributed by atoms with Gasteiger partial charge in [-0.15, -0.1) is 11.8 Å². The Bertz CT molecular complexity index is 618. The monoisotopic (exact) mass is 425 g/mol. The molecule has 0 amide bonds. The second kappa shape index (κ2) is 11.5. The third kappa shape index (κ3) is 6.38. The molecule has 2 atom stereocenters. The summed E-state index contributed by atoms with van der Waals surface area (Å²) in [5, 5.41) is -1.02. The van der Waals surface area contributed by atoms with E-state index >= 15 is 0 Å². The second-order valence-electron chi connectivity index (χ2n) is 5.14. The molecule has 1 rings (SSSR count). The summed E-state index contributed by atoms with van der Waals surface area (Å²) in [7, 11) is -7.50. The van der Waals surface area contributed by atoms with Gasteiger partial charge in [0, 0.05) is 4.90 Å². The molecule has 0 fully saturated rings. The molecule has 2 unspecified atom stereocenters. The lowest BCUT2D eigenvalue weighted by Gasteiger charge is -2.30. The summed E-state index contributed by atoms with van der Waals surface area (Å²) in [6.45, 7) is 7.33. The van der Waals surface area contributed by atoms with Crippen molar-refractivity contribution < 1.29 is 27.3 Å². The van der Waals surface area contributed by atoms with Crippen molar-refractivity contribution in [3.63, 3.8) is 0 Å². The van der Waals surface area contributed by atoms with Gasteiger partial charge >= 0.3 is 15.2 Å². The Morgan fingerprint density at radius 2 is 1.42 bits per heavy atom. The first kappa shape index (κ1) is 23.7. The van der Waals surface area contributed by atoms with Crippen LogP contribution in [0.15, 0.2) is 29.2 Å². The first-order valence-electron chi connectivity index (χ1n) is 8.60. The maximum Gasteiger partial charge on any atom is 0.366 e. The lowest BCUT2D eigenvalue weighted by Crippen LogP contribution is -2.18. The van der Waals surface area contributed by atoms with Crippen LogP contribution in [0.2, 0.25) is 0 Å². The van der Waals surface area contributed by atoms with Crippen molar-refractivity contribution in [1.29, 1.82) is 0 Å². The molecule has 26 heavy (non-hydrogen) atoms. The van der Waals surface area contributed by atoms with Gasteiger partial charge in [-0.1, -0.05) is 6.92 Å². The highest BCUT2D eigenvalue weighted by Gasteiger charge is 2.50. The summed E-state index contributed by atoms with van der Waals surface area (Å²) < 4.78 is 48.2. The first-order chi connectivity index (χ1) is 12.4. The summed E-state index contributed by atoms with van der Waals surface area (Å²) in [4.78, 5) is 1.09. The molecule has 0 heterocycles. The Labute approximate surface area is 160 Å². The number of hydrogen-bond donors (Lipinski definition) is 1. The minimum absolute atomic E-state index is 0.138. The zero-order chi connectivity index (χ0) is 19.6. The van der Waals surface area contributed by atoms with Crippen molar-refractivity contribution in [1.82, 2.24) is 0 Å². The normalized spacial score (nSPS) is 15.4. The van der Waals surface area contributed by atoms with Crippen LogP contribution in [-0.2, 0) is 27.3 Å². The number of anilines is 1. The fourth-order valence-corrected chi connectivity index (χ4v) is 7.83. The molecular weight excluding hydrogens is 396 g/mol. The molecular formula is C16H29NO6P2S. The van der Waals surface area contributed by atoms with Crippen LogP contribution in [0.25, 0.3) is 0 Å². The zero-order valence-corrected chi connectivity index (χ0v) is 18.6. The summed E-state index contributed by atoms with van der Waals surface area (Å²) in [5.41, 5.74) is 3.27. The van der Waals surface area contributed by atoms with Gasteiger partial charge in [0.2, 0.25) is 0 Å². The van der Waals surface area contributed by atoms with E-state index in [2.05, 4.69) is 5.48 Å². The maximum atomic E-state index is 13.4. The summed E-state index contributed by atoms with van der Waals surface area (Å²) >= 11 is 1.61. The van der Waals surface area contributed by atoms with Crippen LogP contribution < -0.4 is 5.48 Å². The average molecular weight is 425 g/mol. The lowest BCUT2D eigenvalue weighted by atomic mass is 10.3. The minimum atomic E-state index is -3.82. The molecule has 1 N–H and O–H groups in total. The first-order valence-corrected chi connectivity index (χ1v) is 13.1. The molecule has 0 saturated heterocycles. The molecule has 0 saturated carbocycles. The van der Waals surface area contributed by atoms with Crippen molar-refractivity contribution in [3.8, 4) is 0 Å². The Kier molecular flexibility index (Phi) is 10.5. The smallest absolute Gasteiger partial charge is 0.308 e. The van der Waals surface area contributed by atoms with E-state index in [-0.39, 0.29) is 26.2 Å². The van der Waals surface area contributed by atoms with Gasteiger partial charge in [-0.25, -0.2) is 0 Å². The highest BCUT2D eigenvalue weighted by Crippen LogP contribution is 2.71. The van der Waals surface area contributed by atoms with Gasteiger partial charge in [-0.3, -0.25) is 14.6 Å². The van der Waals surface area contributed by atoms with E-state index in [1.165, 1.54) is 0 Å². The molecule has 10 heteroatoms. The molecule has 0 aliphatic rings. The largest absolute Gasteiger partial charge is 0.366 e. The Balaban J connectivity index is 3.06. The van der Waals surface area contributed by atoms with Crippen LogP contribution in [0.1, 0.15) is 34.1 Å². The van der Waals surface area contributed by atoms with Crippen LogP contribution in [0, 0.1) is 0 Å². The summed E-state index contributed by atoms with van der Waals surface area (Å²) in [6.07, 6.45) is 2.23. The van der Waals surface area contributed by atoms with Crippen molar-refractivity contribution in [2.24, 2.45) is 0 Å². The molecule has 1 aromatic carbocycles. The Morgan fingerprint density at radius 3 is 1.85 bits per heavy atom. The van der Waals surface area contributed by atoms with Crippen molar-refractivity contribution in [2.75, 3.05) is 31.6 Å². The Morgan fingerprint density at radius 1 is 0.923 bits per heavy atom. The van der Waals surface area contributed by atoms with Crippen molar-refractivity contribution in [3.05, 3.63) is 24.3 Å². The van der Waals surface area contributed by atoms with Crippen LogP contribution in [-0.4, -0.2) is 31.5 Å². The molecule has 0 radical (unpaired) electrons. The predicted molar refractivity (Wildman–Crippen MR) is 107 cm³/mol. The van der Waals surface area contributed by atoms with Gasteiger partial charge in [0.1, 0.15) is 0 Å². The van der Waals surface area contributed by atoms with E-state index in [9.17, 15) is 9.13 Å². The second-order valence-corrected chi connectivity index (χ2v) is 10.8. The highest BCUT2D eigenvalue weighted by atomic mass is 32.2. The van der Waals surface area contributed by atoms with Gasteiger partial charge < -0.3 is 13.6 Å². The van der Waals surface area contributed by atoms with Crippen molar-refractivity contribution in [2.45, 2.75) is 44.4 Å². The average Bonchev–Trinajstić information content (AvgIpc) is 2.61. The SMILES string of the molecule is CCOP(=O)(OCC)C(CC)P(=O)(OCC)ONc1ccc(SC)cc1. The molecule has 1 aromatic rings. The molecule has 150 valence electrons. The topological polar surface area (TPSA) is 83.1 Å². The molecule has 0 spiro atoms. The fourth-order valence-electron chi connectivity index (χ4n) is 2.32. The van der Waals surface area contributed by atoms with E-state index in [4.69, 9.17) is 18.2 Å². The van der Waals surface area contributed by atoms with Gasteiger partial charge in [0.05, 0.1) is 25.5 Å². The quantitative estimate of drug-likeness (QED) is 0.235. The fraction of sp³-hybridized carbons (Fsp3) is 0.625. The molecule has 0 aliphatic carbocycles. The van der Waals surface area contributed by atoms with Crippen LogP contribution in [0.4, 0.5) is 5.69 Å². The number of benzene rings is 1. The minimum Gasteiger partial charge on any atom is -0.308 e. The van der Waals surface area contributed by atoms with Crippen LogP contribution >= 0.6 is 27.0 Å². The van der Waals surface area contributed by atoms with E-state index in [0.717, 1.165) is 4.90 Å². The standard InChI is InChI=1S/C16H29NO6P2S/c1-6-16(24(18,20-7-2)21-8-3)25(19,22-9-4)23-17-14-10-12-15(26-5)13-11-14/h10-13,16-17H,6-9H2,1-5H3. The van der Waals surface area contributed by atoms with Gasteiger partial charge in [-0.05, 0) is 57.7 Å². The molecule has 7 nitrogen and oxygen atoms in total. The van der Waals surface area contributed by atoms with E-state index < -0.39 is 20.6 Å². The molecule has 0 aromatic heterocycles. The van der Waals surface area contributed by atoms with E-state index in [0.29, 0.717) is 5.69 Å². The number of nitrogens with one attached hydrogen (secondary N) is 1. The number of hydrogen-bond acceptors (Lipinski definition) is 8. The molecule has 0 bridgehead atoms. The van der Waals surface area contributed by atoms with Crippen LogP contribution in [0.5, 0.6) is 0 Å². The third-order valence-corrected chi connectivity index (χ3v) is 10.2. The van der Waals surface area contributed by atoms with Crippen LogP contribution in [0.3, 0.4) is 0 Å². The van der Waals surface area contributed by atoms with Crippen molar-refractivity contribution >= 4 is 32.6 Å². The third-order valence-electron chi connectivity index (χ3n) is 3.40. The number of thioether (sulfide) groups is 1. The summed E-state index contributed by atoms with van der Waals surface area (Å²) in [5.74, 6) is 0. The van der Waals surface area contributed by atoms with Gasteiger partial charge in [-0.2, -0.15) is 4.62 Å². The van der Waals surface area contributed by atoms with Gasteiger partial charge in [0.15, 0.2) is 5.40 Å². The highest BCUT2D eigenvalue weighted by molar-refractivity contribution is 7.98. The lowest BCUT2D eigenvalue weighted by molar-refractivity contribution is 0.202. The number of rotatable bonds is 13.